The highest BCUT2D eigenvalue weighted by Crippen LogP contribution is 2.07. The van der Waals surface area contributed by atoms with Gasteiger partial charge in [-0.15, -0.1) is 35.3 Å². The Labute approximate surface area is 153 Å². The molecule has 6 heteroatoms. The predicted molar refractivity (Wildman–Crippen MR) is 107 cm³/mol. The fourth-order valence-electron chi connectivity index (χ4n) is 1.89. The van der Waals surface area contributed by atoms with Crippen LogP contribution in [0.15, 0.2) is 52.8 Å². The first kappa shape index (κ1) is 18.8. The van der Waals surface area contributed by atoms with Gasteiger partial charge >= 0.3 is 0 Å². The molecule has 4 nitrogen and oxygen atoms in total. The van der Waals surface area contributed by atoms with Crippen molar-refractivity contribution in [2.75, 3.05) is 25.5 Å². The maximum absolute atomic E-state index is 4.22. The third kappa shape index (κ3) is 7.13. The van der Waals surface area contributed by atoms with Crippen LogP contribution in [0.1, 0.15) is 11.3 Å². The second kappa shape index (κ2) is 11.3. The zero-order chi connectivity index (χ0) is 14.8. The van der Waals surface area contributed by atoms with Gasteiger partial charge in [0.2, 0.25) is 0 Å². The van der Waals surface area contributed by atoms with Gasteiger partial charge in [-0.25, -0.2) is 0 Å². The molecule has 1 heterocycles. The first-order chi connectivity index (χ1) is 10.4. The SMILES string of the molecule is CN=C(NCCCNc1ccccc1)NCc1cccs1.I. The summed E-state index contributed by atoms with van der Waals surface area (Å²) in [5, 5.41) is 12.1. The lowest BCUT2D eigenvalue weighted by molar-refractivity contribution is 0.765. The molecule has 0 saturated carbocycles. The lowest BCUT2D eigenvalue weighted by Gasteiger charge is -2.11. The summed E-state index contributed by atoms with van der Waals surface area (Å²) in [5.41, 5.74) is 1.16. The minimum absolute atomic E-state index is 0. The third-order valence-electron chi connectivity index (χ3n) is 2.98. The average molecular weight is 430 g/mol. The summed E-state index contributed by atoms with van der Waals surface area (Å²) in [4.78, 5) is 5.53. The summed E-state index contributed by atoms with van der Waals surface area (Å²) >= 11 is 1.75. The van der Waals surface area contributed by atoms with Crippen LogP contribution in [0.2, 0.25) is 0 Å². The number of aliphatic imine (C=N–C) groups is 1. The molecule has 2 aromatic rings. The maximum Gasteiger partial charge on any atom is 0.191 e. The van der Waals surface area contributed by atoms with Crippen molar-refractivity contribution in [3.05, 3.63) is 52.7 Å². The number of nitrogens with one attached hydrogen (secondary N) is 3. The Morgan fingerprint density at radius 1 is 1.05 bits per heavy atom. The first-order valence-corrected chi connectivity index (χ1v) is 8.02. The van der Waals surface area contributed by atoms with Gasteiger partial charge in [-0.05, 0) is 30.0 Å². The number of para-hydroxylation sites is 1. The van der Waals surface area contributed by atoms with Gasteiger partial charge in [-0.3, -0.25) is 4.99 Å². The molecule has 3 N–H and O–H groups in total. The Morgan fingerprint density at radius 2 is 1.86 bits per heavy atom. The summed E-state index contributed by atoms with van der Waals surface area (Å²) in [6.07, 6.45) is 1.04. The van der Waals surface area contributed by atoms with E-state index < -0.39 is 0 Å². The van der Waals surface area contributed by atoms with Gasteiger partial charge < -0.3 is 16.0 Å². The summed E-state index contributed by atoms with van der Waals surface area (Å²) in [7, 11) is 1.80. The van der Waals surface area contributed by atoms with Crippen molar-refractivity contribution in [1.82, 2.24) is 10.6 Å². The average Bonchev–Trinajstić information content (AvgIpc) is 3.04. The topological polar surface area (TPSA) is 48.5 Å². The fraction of sp³-hybridized carbons (Fsp3) is 0.312. The highest BCUT2D eigenvalue weighted by atomic mass is 127. The van der Waals surface area contributed by atoms with E-state index in [-0.39, 0.29) is 24.0 Å². The van der Waals surface area contributed by atoms with E-state index in [0.717, 1.165) is 37.7 Å². The number of anilines is 1. The van der Waals surface area contributed by atoms with Crippen LogP contribution in [0, 0.1) is 0 Å². The largest absolute Gasteiger partial charge is 0.385 e. The van der Waals surface area contributed by atoms with E-state index >= 15 is 0 Å². The molecule has 0 aliphatic rings. The first-order valence-electron chi connectivity index (χ1n) is 7.14. The van der Waals surface area contributed by atoms with E-state index in [1.165, 1.54) is 4.88 Å². The Hall–Kier alpha value is -1.28. The van der Waals surface area contributed by atoms with Gasteiger partial charge in [0.1, 0.15) is 0 Å². The number of benzene rings is 1. The normalized spacial score (nSPS) is 10.7. The van der Waals surface area contributed by atoms with E-state index in [0.29, 0.717) is 0 Å². The molecule has 0 unspecified atom stereocenters. The summed E-state index contributed by atoms with van der Waals surface area (Å²) in [6.45, 7) is 2.66. The Bertz CT molecular complexity index is 528. The van der Waals surface area contributed by atoms with E-state index in [1.54, 1.807) is 18.4 Å². The van der Waals surface area contributed by atoms with Crippen LogP contribution in [0.25, 0.3) is 0 Å². The van der Waals surface area contributed by atoms with Crippen molar-refractivity contribution in [2.24, 2.45) is 4.99 Å². The second-order valence-electron chi connectivity index (χ2n) is 4.58. The fourth-order valence-corrected chi connectivity index (χ4v) is 2.53. The zero-order valence-corrected chi connectivity index (χ0v) is 15.9. The van der Waals surface area contributed by atoms with Crippen LogP contribution in [0.5, 0.6) is 0 Å². The maximum atomic E-state index is 4.22. The van der Waals surface area contributed by atoms with Crippen molar-refractivity contribution in [1.29, 1.82) is 0 Å². The van der Waals surface area contributed by atoms with Gasteiger partial charge in [-0.2, -0.15) is 0 Å². The van der Waals surface area contributed by atoms with Gasteiger partial charge in [0.15, 0.2) is 5.96 Å². The van der Waals surface area contributed by atoms with Gasteiger partial charge in [0, 0.05) is 30.7 Å². The smallest absolute Gasteiger partial charge is 0.191 e. The summed E-state index contributed by atoms with van der Waals surface area (Å²) < 4.78 is 0. The summed E-state index contributed by atoms with van der Waals surface area (Å²) in [6, 6.07) is 14.4. The van der Waals surface area contributed by atoms with Crippen LogP contribution >= 0.6 is 35.3 Å². The third-order valence-corrected chi connectivity index (χ3v) is 3.86. The molecule has 1 aromatic heterocycles. The molecule has 22 heavy (non-hydrogen) atoms. The van der Waals surface area contributed by atoms with Crippen LogP contribution in [-0.4, -0.2) is 26.1 Å². The molecule has 1 aromatic carbocycles. The highest BCUT2D eigenvalue weighted by Gasteiger charge is 1.98. The van der Waals surface area contributed by atoms with Crippen molar-refractivity contribution < 1.29 is 0 Å². The Morgan fingerprint density at radius 3 is 2.55 bits per heavy atom. The Balaban J connectivity index is 0.00000242. The molecular formula is C16H23IN4S. The number of rotatable bonds is 7. The molecule has 0 aliphatic carbocycles. The molecule has 2 rings (SSSR count). The van der Waals surface area contributed by atoms with Crippen LogP contribution in [0.4, 0.5) is 5.69 Å². The van der Waals surface area contributed by atoms with Crippen molar-refractivity contribution in [3.63, 3.8) is 0 Å². The summed E-state index contributed by atoms with van der Waals surface area (Å²) in [5.74, 6) is 0.850. The number of thiophene rings is 1. The van der Waals surface area contributed by atoms with Gasteiger partial charge in [0.25, 0.3) is 0 Å². The van der Waals surface area contributed by atoms with E-state index in [4.69, 9.17) is 0 Å². The van der Waals surface area contributed by atoms with E-state index in [1.807, 2.05) is 18.2 Å². The molecular weight excluding hydrogens is 407 g/mol. The molecule has 0 saturated heterocycles. The monoisotopic (exact) mass is 430 g/mol. The standard InChI is InChI=1S/C16H22N4S.HI/c1-17-16(20-13-15-9-5-12-21-15)19-11-6-10-18-14-7-3-2-4-8-14;/h2-5,7-9,12,18H,6,10-11,13H2,1H3,(H2,17,19,20);1H. The molecule has 0 radical (unpaired) electrons. The number of hydrogen-bond acceptors (Lipinski definition) is 3. The van der Waals surface area contributed by atoms with Crippen LogP contribution in [0.3, 0.4) is 0 Å². The molecule has 0 aliphatic heterocycles. The number of halogens is 1. The number of guanidine groups is 1. The molecule has 0 spiro atoms. The lowest BCUT2D eigenvalue weighted by Crippen LogP contribution is -2.37. The Kier molecular flexibility index (Phi) is 9.65. The van der Waals surface area contributed by atoms with Crippen LogP contribution < -0.4 is 16.0 Å². The van der Waals surface area contributed by atoms with E-state index in [2.05, 4.69) is 50.6 Å². The van der Waals surface area contributed by atoms with E-state index in [9.17, 15) is 0 Å². The minimum Gasteiger partial charge on any atom is -0.385 e. The lowest BCUT2D eigenvalue weighted by atomic mass is 10.3. The quantitative estimate of drug-likeness (QED) is 0.273. The number of nitrogens with zero attached hydrogens (tertiary/aromatic N) is 1. The molecule has 0 atom stereocenters. The molecule has 0 bridgehead atoms. The zero-order valence-electron chi connectivity index (χ0n) is 12.7. The number of hydrogen-bond donors (Lipinski definition) is 3. The molecule has 0 fully saturated rings. The van der Waals surface area contributed by atoms with Gasteiger partial charge in [0.05, 0.1) is 6.54 Å². The van der Waals surface area contributed by atoms with Crippen molar-refractivity contribution >= 4 is 47.0 Å². The highest BCUT2D eigenvalue weighted by molar-refractivity contribution is 14.0. The van der Waals surface area contributed by atoms with Crippen LogP contribution in [-0.2, 0) is 6.54 Å². The van der Waals surface area contributed by atoms with Crippen molar-refractivity contribution in [3.8, 4) is 0 Å². The molecule has 120 valence electrons. The second-order valence-corrected chi connectivity index (χ2v) is 5.61. The predicted octanol–water partition coefficient (Wildman–Crippen LogP) is 3.53. The van der Waals surface area contributed by atoms with Crippen molar-refractivity contribution in [2.45, 2.75) is 13.0 Å². The van der Waals surface area contributed by atoms with Gasteiger partial charge in [-0.1, -0.05) is 24.3 Å². The minimum atomic E-state index is 0. The molecule has 0 amide bonds.